The third-order valence-corrected chi connectivity index (χ3v) is 20.7. The molecular formula is C71H104O30. The Morgan fingerprint density at radius 3 is 0.564 bits per heavy atom. The summed E-state index contributed by atoms with van der Waals surface area (Å²) in [6, 6.07) is 0. The lowest BCUT2D eigenvalue weighted by Crippen LogP contribution is -2.51. The van der Waals surface area contributed by atoms with E-state index in [4.69, 9.17) is 94.7 Å². The average Bonchev–Trinajstić information content (AvgIpc) is 1.37. The van der Waals surface area contributed by atoms with Crippen LogP contribution in [0, 0.1) is 54.7 Å². The van der Waals surface area contributed by atoms with Gasteiger partial charge in [0.1, 0.15) is 127 Å². The van der Waals surface area contributed by atoms with Crippen molar-refractivity contribution in [2.45, 2.75) is 201 Å². The molecule has 10 saturated heterocycles. The average molecular weight is 1440 g/mol. The molecule has 0 amide bonds. The molecule has 10 aliphatic rings. The van der Waals surface area contributed by atoms with E-state index >= 15 is 33.6 Å². The van der Waals surface area contributed by atoms with Crippen molar-refractivity contribution >= 4 is 59.7 Å². The number of hydrogen-bond donors (Lipinski definition) is 0. The maximum absolute atomic E-state index is 15.8. The van der Waals surface area contributed by atoms with Gasteiger partial charge in [-0.15, -0.1) is 0 Å². The zero-order valence-corrected chi connectivity index (χ0v) is 60.3. The molecule has 0 aromatic rings. The van der Waals surface area contributed by atoms with Crippen molar-refractivity contribution in [3.8, 4) is 0 Å². The van der Waals surface area contributed by atoms with Crippen LogP contribution >= 0.6 is 0 Å². The van der Waals surface area contributed by atoms with Crippen molar-refractivity contribution in [3.63, 3.8) is 0 Å². The summed E-state index contributed by atoms with van der Waals surface area (Å²) >= 11 is 0. The number of carbonyl (C=O) groups excluding carboxylic acids is 10. The van der Waals surface area contributed by atoms with Crippen molar-refractivity contribution in [3.05, 3.63) is 0 Å². The van der Waals surface area contributed by atoms with E-state index in [-0.39, 0.29) is 136 Å². The van der Waals surface area contributed by atoms with Crippen LogP contribution in [0.1, 0.15) is 140 Å². The molecule has 10 rings (SSSR count). The van der Waals surface area contributed by atoms with E-state index in [0.29, 0.717) is 39.6 Å². The first-order valence-corrected chi connectivity index (χ1v) is 35.5. The topological polar surface area (TPSA) is 388 Å². The Balaban J connectivity index is 1.05. The van der Waals surface area contributed by atoms with E-state index in [1.165, 1.54) is 41.5 Å². The van der Waals surface area contributed by atoms with Crippen molar-refractivity contribution in [2.75, 3.05) is 132 Å². The lowest BCUT2D eigenvalue weighted by atomic mass is 9.56. The molecule has 0 aromatic heterocycles. The van der Waals surface area contributed by atoms with E-state index in [1.54, 1.807) is 34.6 Å². The Labute approximate surface area is 588 Å². The molecule has 10 heterocycles. The van der Waals surface area contributed by atoms with Gasteiger partial charge in [0.25, 0.3) is 0 Å². The van der Waals surface area contributed by atoms with Crippen molar-refractivity contribution < 1.29 is 143 Å². The quantitative estimate of drug-likeness (QED) is 0.0471. The summed E-state index contributed by atoms with van der Waals surface area (Å²) in [6.45, 7) is 18.5. The van der Waals surface area contributed by atoms with E-state index in [0.717, 1.165) is 0 Å². The van der Waals surface area contributed by atoms with Crippen LogP contribution in [0.5, 0.6) is 0 Å². The van der Waals surface area contributed by atoms with Gasteiger partial charge >= 0.3 is 59.7 Å². The maximum atomic E-state index is 15.8. The van der Waals surface area contributed by atoms with Crippen LogP contribution in [0.15, 0.2) is 0 Å². The highest BCUT2D eigenvalue weighted by atomic mass is 16.7. The molecule has 10 aliphatic heterocycles. The summed E-state index contributed by atoms with van der Waals surface area (Å²) in [5.41, 5.74) is -16.9. The largest absolute Gasteiger partial charge is 0.463 e. The predicted molar refractivity (Wildman–Crippen MR) is 341 cm³/mol. The van der Waals surface area contributed by atoms with E-state index in [2.05, 4.69) is 0 Å². The van der Waals surface area contributed by atoms with Crippen LogP contribution in [0.4, 0.5) is 0 Å². The molecule has 10 fully saturated rings. The van der Waals surface area contributed by atoms with Crippen LogP contribution in [0.2, 0.25) is 0 Å². The zero-order chi connectivity index (χ0) is 73.0. The Morgan fingerprint density at radius 2 is 0.396 bits per heavy atom. The summed E-state index contributed by atoms with van der Waals surface area (Å²) < 4.78 is 114. The van der Waals surface area contributed by atoms with Crippen LogP contribution in [0.25, 0.3) is 0 Å². The Hall–Kier alpha value is -5.70. The third kappa shape index (κ3) is 22.7. The maximum Gasteiger partial charge on any atom is 0.311 e. The van der Waals surface area contributed by atoms with Gasteiger partial charge in [-0.2, -0.15) is 0 Å². The fraction of sp³-hybridized carbons (Fsp3) is 0.859. The summed E-state index contributed by atoms with van der Waals surface area (Å²) in [5.74, 6) is -9.32. The van der Waals surface area contributed by atoms with Crippen LogP contribution in [-0.4, -0.2) is 253 Å². The lowest BCUT2D eigenvalue weighted by molar-refractivity contribution is -0.177. The molecule has 0 aliphatic carbocycles. The molecule has 30 heteroatoms. The zero-order valence-electron chi connectivity index (χ0n) is 60.3. The van der Waals surface area contributed by atoms with Crippen molar-refractivity contribution in [2.24, 2.45) is 54.7 Å². The highest BCUT2D eigenvalue weighted by Gasteiger charge is 2.62. The summed E-state index contributed by atoms with van der Waals surface area (Å²) in [5, 5.41) is 0. The molecule has 0 N–H and O–H groups in total. The molecule has 0 aromatic carbocycles. The van der Waals surface area contributed by atoms with Gasteiger partial charge in [-0.25, -0.2) is 0 Å². The molecule has 20 atom stereocenters. The number of esters is 10. The van der Waals surface area contributed by atoms with Gasteiger partial charge in [-0.05, 0) is 127 Å². The van der Waals surface area contributed by atoms with Gasteiger partial charge in [0.05, 0.1) is 121 Å². The summed E-state index contributed by atoms with van der Waals surface area (Å²) in [4.78, 5) is 151. The van der Waals surface area contributed by atoms with E-state index in [9.17, 15) is 14.4 Å². The van der Waals surface area contributed by atoms with Crippen molar-refractivity contribution in [1.82, 2.24) is 0 Å². The Kier molecular flexibility index (Phi) is 24.3. The first-order chi connectivity index (χ1) is 47.6. The SMILES string of the molecule is CCC(C)(CC(C)(CC(C)(CC(C)(CC(C)(CC(C)(CC(C)(CC(C)(CC(C)(CC(C)C(=O)OCC1CO1)C(=O)OCC1CO1)C(=O)OCC1CO1)C(=O)OCC1CO1)C(=O)OCC1CO1)C(=O)OCC1CO1)C(=O)OCC1CO1)C(=O)OCC1CO1)C(=O)OCC1CO1)C(=O)OCC1CO1. The number of rotatable bonds is 49. The third-order valence-electron chi connectivity index (χ3n) is 20.7. The fourth-order valence-electron chi connectivity index (χ4n) is 14.7. The van der Waals surface area contributed by atoms with Crippen molar-refractivity contribution in [1.29, 1.82) is 0 Å². The van der Waals surface area contributed by atoms with Gasteiger partial charge in [0.2, 0.25) is 0 Å². The van der Waals surface area contributed by atoms with Gasteiger partial charge in [-0.1, -0.05) is 13.8 Å². The molecule has 568 valence electrons. The smallest absolute Gasteiger partial charge is 0.311 e. The molecular weight excluding hydrogens is 1330 g/mol. The number of epoxide rings is 10. The molecule has 0 bridgehead atoms. The Morgan fingerprint density at radius 1 is 0.257 bits per heavy atom. The minimum Gasteiger partial charge on any atom is -0.463 e. The van der Waals surface area contributed by atoms with E-state index < -0.39 is 196 Å². The molecule has 30 nitrogen and oxygen atoms in total. The number of hydrogen-bond acceptors (Lipinski definition) is 30. The highest BCUT2D eigenvalue weighted by Crippen LogP contribution is 2.57. The first kappa shape index (κ1) is 77.9. The normalized spacial score (nSPS) is 30.0. The number of ether oxygens (including phenoxy) is 20. The highest BCUT2D eigenvalue weighted by molar-refractivity contribution is 5.88. The Bertz CT molecular complexity index is 3010. The van der Waals surface area contributed by atoms with Gasteiger partial charge in [0.15, 0.2) is 0 Å². The number of carbonyl (C=O) groups is 10. The lowest BCUT2D eigenvalue weighted by Gasteiger charge is -2.47. The monoisotopic (exact) mass is 1440 g/mol. The molecule has 20 unspecified atom stereocenters. The predicted octanol–water partition coefficient (Wildman–Crippen LogP) is 4.02. The minimum absolute atomic E-state index is 0.0153. The minimum atomic E-state index is -2.07. The van der Waals surface area contributed by atoms with Crippen LogP contribution < -0.4 is 0 Å². The van der Waals surface area contributed by atoms with Gasteiger partial charge < -0.3 is 94.7 Å². The fourth-order valence-corrected chi connectivity index (χ4v) is 14.7. The summed E-state index contributed by atoms with van der Waals surface area (Å²) in [7, 11) is 0. The summed E-state index contributed by atoms with van der Waals surface area (Å²) in [6.07, 6.45) is -8.21. The second-order valence-electron chi connectivity index (χ2n) is 32.5. The molecule has 101 heavy (non-hydrogen) atoms. The second kappa shape index (κ2) is 31.6. The van der Waals surface area contributed by atoms with Gasteiger partial charge in [0, 0.05) is 0 Å². The van der Waals surface area contributed by atoms with E-state index in [1.807, 2.05) is 0 Å². The standard InChI is InChI=1S/C71H104O30/c1-12-63(3,54(73)93-25-44-15-83-44)34-65(5,56(75)95-27-46-17-85-46)36-67(7,58(77)97-29-48-19-87-48)38-69(9,60(79)99-31-50-21-89-50)40-71(11,62(81)101-33-52-23-91-52)41-70(10,61(80)100-32-51-22-90-51)39-68(8,59(78)98-30-49-20-88-49)37-66(6,57(76)96-28-47-18-86-47)35-64(4,55(74)94-26-45-16-84-45)13-42(2)53(72)92-24-43-14-82-43/h42-52H,12-41H2,1-11H3. The van der Waals surface area contributed by atoms with Gasteiger partial charge in [-0.3, -0.25) is 47.9 Å². The first-order valence-electron chi connectivity index (χ1n) is 35.5. The second-order valence-corrected chi connectivity index (χ2v) is 32.5. The van der Waals surface area contributed by atoms with Crippen LogP contribution in [-0.2, 0) is 143 Å². The van der Waals surface area contributed by atoms with Crippen LogP contribution in [0.3, 0.4) is 0 Å². The molecule has 0 spiro atoms. The molecule has 0 radical (unpaired) electrons. The molecule has 0 saturated carbocycles.